The van der Waals surface area contributed by atoms with Gasteiger partial charge in [-0.15, -0.1) is 11.8 Å². The van der Waals surface area contributed by atoms with Crippen molar-refractivity contribution in [3.05, 3.63) is 28.7 Å². The number of hydrogen-bond donors (Lipinski definition) is 1. The summed E-state index contributed by atoms with van der Waals surface area (Å²) in [6.07, 6.45) is 11.4. The fraction of sp³-hybridized carbons (Fsp3) is 0.667. The molecule has 3 heteroatoms. The Morgan fingerprint density at radius 3 is 2.14 bits per heavy atom. The van der Waals surface area contributed by atoms with Crippen LogP contribution in [-0.2, 0) is 0 Å². The van der Waals surface area contributed by atoms with Gasteiger partial charge in [0.2, 0.25) is 0 Å². The largest absolute Gasteiger partial charge is 0.392 e. The summed E-state index contributed by atoms with van der Waals surface area (Å²) in [7, 11) is 0. The van der Waals surface area contributed by atoms with Gasteiger partial charge in [0.05, 0.1) is 6.10 Å². The minimum absolute atomic E-state index is 0.168. The third kappa shape index (κ3) is 10.4. The lowest BCUT2D eigenvalue weighted by molar-refractivity contribution is 0.185. The molecule has 1 aromatic rings. The SMILES string of the molecule is CCCCCCCCCCC(O)CSc1ccc(Br)cc1. The van der Waals surface area contributed by atoms with Crippen LogP contribution in [0.4, 0.5) is 0 Å². The monoisotopic (exact) mass is 372 g/mol. The van der Waals surface area contributed by atoms with E-state index in [0.717, 1.165) is 23.1 Å². The molecule has 0 saturated carbocycles. The number of benzene rings is 1. The third-order valence-electron chi connectivity index (χ3n) is 3.65. The van der Waals surface area contributed by atoms with Gasteiger partial charge in [-0.1, -0.05) is 74.2 Å². The second-order valence-electron chi connectivity index (χ2n) is 5.68. The molecule has 1 unspecified atom stereocenters. The van der Waals surface area contributed by atoms with Crippen molar-refractivity contribution < 1.29 is 5.11 Å². The van der Waals surface area contributed by atoms with Crippen molar-refractivity contribution in [2.24, 2.45) is 0 Å². The number of aliphatic hydroxyl groups is 1. The summed E-state index contributed by atoms with van der Waals surface area (Å²) in [5.74, 6) is 0.804. The maximum absolute atomic E-state index is 10.0. The fourth-order valence-corrected chi connectivity index (χ4v) is 3.46. The first-order valence-corrected chi connectivity index (χ1v) is 10.1. The molecule has 0 heterocycles. The Balaban J connectivity index is 1.96. The summed E-state index contributed by atoms with van der Waals surface area (Å²) in [6.45, 7) is 2.26. The second kappa shape index (κ2) is 12.5. The van der Waals surface area contributed by atoms with Crippen molar-refractivity contribution in [2.75, 3.05) is 5.75 Å². The van der Waals surface area contributed by atoms with E-state index < -0.39 is 0 Å². The van der Waals surface area contributed by atoms with Gasteiger partial charge in [0, 0.05) is 15.1 Å². The topological polar surface area (TPSA) is 20.2 Å². The molecular formula is C18H29BrOS. The van der Waals surface area contributed by atoms with E-state index in [2.05, 4.69) is 35.0 Å². The van der Waals surface area contributed by atoms with E-state index >= 15 is 0 Å². The van der Waals surface area contributed by atoms with E-state index in [1.54, 1.807) is 11.8 Å². The summed E-state index contributed by atoms with van der Waals surface area (Å²) >= 11 is 5.18. The van der Waals surface area contributed by atoms with E-state index in [0.29, 0.717) is 0 Å². The average molecular weight is 373 g/mol. The minimum atomic E-state index is -0.168. The molecule has 1 nitrogen and oxygen atoms in total. The molecule has 0 aliphatic heterocycles. The first-order chi connectivity index (χ1) is 10.2. The molecule has 0 aliphatic rings. The molecule has 0 bridgehead atoms. The molecule has 120 valence electrons. The molecule has 0 spiro atoms. The fourth-order valence-electron chi connectivity index (χ4n) is 2.32. The Kier molecular flexibility index (Phi) is 11.4. The van der Waals surface area contributed by atoms with Crippen LogP contribution in [0.25, 0.3) is 0 Å². The van der Waals surface area contributed by atoms with Crippen molar-refractivity contribution in [1.82, 2.24) is 0 Å². The normalized spacial score (nSPS) is 12.5. The standard InChI is InChI=1S/C18H29BrOS/c1-2-3-4-5-6-7-8-9-10-17(20)15-21-18-13-11-16(19)12-14-18/h11-14,17,20H,2-10,15H2,1H3. The summed E-state index contributed by atoms with van der Waals surface area (Å²) in [5.41, 5.74) is 0. The zero-order valence-corrected chi connectivity index (χ0v) is 15.6. The highest BCUT2D eigenvalue weighted by atomic mass is 79.9. The molecule has 1 aromatic carbocycles. The second-order valence-corrected chi connectivity index (χ2v) is 7.69. The van der Waals surface area contributed by atoms with Gasteiger partial charge in [0.1, 0.15) is 0 Å². The van der Waals surface area contributed by atoms with E-state index in [1.165, 1.54) is 49.8 Å². The molecule has 0 saturated heterocycles. The first kappa shape index (κ1) is 19.1. The molecule has 0 aliphatic carbocycles. The highest BCUT2D eigenvalue weighted by molar-refractivity contribution is 9.10. The van der Waals surface area contributed by atoms with E-state index in [-0.39, 0.29) is 6.10 Å². The van der Waals surface area contributed by atoms with Crippen LogP contribution < -0.4 is 0 Å². The molecule has 0 aromatic heterocycles. The molecule has 1 atom stereocenters. The van der Waals surface area contributed by atoms with Gasteiger partial charge < -0.3 is 5.11 Å². The molecular weight excluding hydrogens is 344 g/mol. The van der Waals surface area contributed by atoms with Crippen LogP contribution in [-0.4, -0.2) is 17.0 Å². The van der Waals surface area contributed by atoms with Crippen LogP contribution in [0.3, 0.4) is 0 Å². The predicted molar refractivity (Wildman–Crippen MR) is 98.1 cm³/mol. The van der Waals surface area contributed by atoms with Crippen LogP contribution in [0.15, 0.2) is 33.6 Å². The Morgan fingerprint density at radius 1 is 0.952 bits per heavy atom. The lowest BCUT2D eigenvalue weighted by atomic mass is 10.1. The highest BCUT2D eigenvalue weighted by Crippen LogP contribution is 2.22. The van der Waals surface area contributed by atoms with E-state index in [1.807, 2.05) is 12.1 Å². The number of thioether (sulfide) groups is 1. The van der Waals surface area contributed by atoms with Crippen LogP contribution in [0.2, 0.25) is 0 Å². The lowest BCUT2D eigenvalue weighted by Crippen LogP contribution is -2.09. The number of halogens is 1. The molecule has 1 N–H and O–H groups in total. The van der Waals surface area contributed by atoms with Gasteiger partial charge in [-0.3, -0.25) is 0 Å². The molecule has 1 rings (SSSR count). The average Bonchev–Trinajstić information content (AvgIpc) is 2.49. The van der Waals surface area contributed by atoms with Crippen molar-refractivity contribution >= 4 is 27.7 Å². The first-order valence-electron chi connectivity index (χ1n) is 8.28. The Bertz CT molecular complexity index is 353. The third-order valence-corrected chi connectivity index (χ3v) is 5.33. The Morgan fingerprint density at radius 2 is 1.52 bits per heavy atom. The molecule has 0 fully saturated rings. The van der Waals surface area contributed by atoms with Gasteiger partial charge in [-0.05, 0) is 30.7 Å². The van der Waals surface area contributed by atoms with Gasteiger partial charge in [0.25, 0.3) is 0 Å². The maximum Gasteiger partial charge on any atom is 0.0634 e. The number of unbranched alkanes of at least 4 members (excludes halogenated alkanes) is 7. The van der Waals surface area contributed by atoms with Crippen molar-refractivity contribution in [3.63, 3.8) is 0 Å². The number of hydrogen-bond acceptors (Lipinski definition) is 2. The van der Waals surface area contributed by atoms with Gasteiger partial charge in [-0.25, -0.2) is 0 Å². The summed E-state index contributed by atoms with van der Waals surface area (Å²) in [4.78, 5) is 1.23. The Labute approximate surface area is 143 Å². The van der Waals surface area contributed by atoms with Crippen LogP contribution in [0, 0.1) is 0 Å². The smallest absolute Gasteiger partial charge is 0.0634 e. The van der Waals surface area contributed by atoms with Crippen molar-refractivity contribution in [3.8, 4) is 0 Å². The van der Waals surface area contributed by atoms with Crippen molar-refractivity contribution in [2.45, 2.75) is 75.7 Å². The zero-order chi connectivity index (χ0) is 15.3. The summed E-state index contributed by atoms with van der Waals surface area (Å²) in [5, 5.41) is 10.0. The number of aliphatic hydroxyl groups excluding tert-OH is 1. The maximum atomic E-state index is 10.0. The van der Waals surface area contributed by atoms with Crippen LogP contribution in [0.1, 0.15) is 64.7 Å². The zero-order valence-electron chi connectivity index (χ0n) is 13.2. The summed E-state index contributed by atoms with van der Waals surface area (Å²) < 4.78 is 1.10. The minimum Gasteiger partial charge on any atom is -0.392 e. The highest BCUT2D eigenvalue weighted by Gasteiger charge is 2.05. The van der Waals surface area contributed by atoms with Gasteiger partial charge >= 0.3 is 0 Å². The molecule has 0 radical (unpaired) electrons. The Hall–Kier alpha value is 0.01000. The van der Waals surface area contributed by atoms with Gasteiger partial charge in [-0.2, -0.15) is 0 Å². The number of rotatable bonds is 12. The predicted octanol–water partition coefficient (Wildman–Crippen LogP) is 6.43. The van der Waals surface area contributed by atoms with E-state index in [9.17, 15) is 5.11 Å². The van der Waals surface area contributed by atoms with Crippen LogP contribution in [0.5, 0.6) is 0 Å². The van der Waals surface area contributed by atoms with E-state index in [4.69, 9.17) is 0 Å². The molecule has 21 heavy (non-hydrogen) atoms. The summed E-state index contributed by atoms with van der Waals surface area (Å²) in [6, 6.07) is 8.29. The molecule has 0 amide bonds. The van der Waals surface area contributed by atoms with Crippen molar-refractivity contribution in [1.29, 1.82) is 0 Å². The van der Waals surface area contributed by atoms with Crippen LogP contribution >= 0.6 is 27.7 Å². The van der Waals surface area contributed by atoms with Gasteiger partial charge in [0.15, 0.2) is 0 Å². The quantitative estimate of drug-likeness (QED) is 0.336. The lowest BCUT2D eigenvalue weighted by Gasteiger charge is -2.10.